The first kappa shape index (κ1) is 26.2. The first-order valence-corrected chi connectivity index (χ1v) is 13.7. The first-order chi connectivity index (χ1) is 18.1. The van der Waals surface area contributed by atoms with Crippen LogP contribution in [-0.4, -0.2) is 57.3 Å². The highest BCUT2D eigenvalue weighted by Crippen LogP contribution is 2.30. The minimum absolute atomic E-state index is 0.0796. The molecule has 4 heterocycles. The van der Waals surface area contributed by atoms with Gasteiger partial charge in [-0.3, -0.25) is 4.31 Å². The number of rotatable bonds is 8. The van der Waals surface area contributed by atoms with Crippen molar-refractivity contribution in [2.75, 3.05) is 17.4 Å². The molecule has 4 aromatic rings. The van der Waals surface area contributed by atoms with E-state index in [-0.39, 0.29) is 18.1 Å². The number of hydrogen-bond acceptors (Lipinski definition) is 7. The van der Waals surface area contributed by atoms with E-state index in [1.807, 2.05) is 0 Å². The molecule has 1 fully saturated rings. The zero-order chi connectivity index (χ0) is 27.0. The highest BCUT2D eigenvalue weighted by Gasteiger charge is 2.36. The second-order valence-corrected chi connectivity index (χ2v) is 11.7. The quantitative estimate of drug-likeness (QED) is 0.316. The molecule has 3 aromatic heterocycles. The highest BCUT2D eigenvalue weighted by atomic mass is 32.2. The van der Waals surface area contributed by atoms with Crippen LogP contribution in [0.4, 0.5) is 18.9 Å². The molecule has 13 heteroatoms. The zero-order valence-electron chi connectivity index (χ0n) is 20.8. The van der Waals surface area contributed by atoms with Crippen molar-refractivity contribution in [2.24, 2.45) is 0 Å². The molecule has 38 heavy (non-hydrogen) atoms. The number of fused-ring (bicyclic) bond motifs is 1. The molecule has 1 aliphatic rings. The molecule has 0 unspecified atom stereocenters. The smallest absolute Gasteiger partial charge is 0.314 e. The first-order valence-electron chi connectivity index (χ1n) is 12.2. The van der Waals surface area contributed by atoms with Crippen molar-refractivity contribution in [3.63, 3.8) is 0 Å². The van der Waals surface area contributed by atoms with Crippen molar-refractivity contribution >= 4 is 21.4 Å². The van der Waals surface area contributed by atoms with Gasteiger partial charge in [0.2, 0.25) is 15.9 Å². The Morgan fingerprint density at radius 2 is 1.89 bits per heavy atom. The minimum atomic E-state index is -3.85. The molecule has 0 radical (unpaired) electrons. The third-order valence-electron chi connectivity index (χ3n) is 6.72. The molecule has 0 atom stereocenters. The van der Waals surface area contributed by atoms with Crippen LogP contribution < -0.4 is 4.31 Å². The van der Waals surface area contributed by atoms with E-state index in [0.29, 0.717) is 48.9 Å². The van der Waals surface area contributed by atoms with Gasteiger partial charge in [-0.1, -0.05) is 6.07 Å². The Morgan fingerprint density at radius 3 is 2.55 bits per heavy atom. The predicted molar refractivity (Wildman–Crippen MR) is 135 cm³/mol. The molecular formula is C25H27F3N6O3S. The van der Waals surface area contributed by atoms with Gasteiger partial charge >= 0.3 is 6.43 Å². The fourth-order valence-electron chi connectivity index (χ4n) is 4.66. The number of piperidine rings is 1. The van der Waals surface area contributed by atoms with E-state index in [4.69, 9.17) is 4.42 Å². The van der Waals surface area contributed by atoms with Crippen LogP contribution in [0.25, 0.3) is 17.1 Å². The molecule has 5 rings (SSSR count). The van der Waals surface area contributed by atoms with Crippen molar-refractivity contribution in [3.05, 3.63) is 66.2 Å². The molecule has 9 nitrogen and oxygen atoms in total. The number of benzene rings is 1. The second kappa shape index (κ2) is 10.4. The number of imidazole rings is 1. The van der Waals surface area contributed by atoms with Crippen molar-refractivity contribution in [1.29, 1.82) is 0 Å². The summed E-state index contributed by atoms with van der Waals surface area (Å²) in [5.41, 5.74) is 1.46. The summed E-state index contributed by atoms with van der Waals surface area (Å²) in [6.45, 7) is 5.39. The van der Waals surface area contributed by atoms with Crippen molar-refractivity contribution in [2.45, 2.75) is 51.0 Å². The molecule has 202 valence electrons. The van der Waals surface area contributed by atoms with E-state index in [1.165, 1.54) is 22.5 Å². The number of likely N-dealkylation sites (tertiary alicyclic amines) is 1. The lowest BCUT2D eigenvalue weighted by atomic mass is 10.1. The van der Waals surface area contributed by atoms with Gasteiger partial charge in [-0.15, -0.1) is 10.2 Å². The largest absolute Gasteiger partial charge is 0.415 e. The topological polar surface area (TPSA) is 96.8 Å². The third kappa shape index (κ3) is 5.25. The van der Waals surface area contributed by atoms with Gasteiger partial charge in [-0.2, -0.15) is 8.78 Å². The lowest BCUT2D eigenvalue weighted by Gasteiger charge is -2.36. The number of anilines is 1. The third-order valence-corrected chi connectivity index (χ3v) is 8.99. The van der Waals surface area contributed by atoms with Crippen LogP contribution in [0.15, 0.2) is 53.2 Å². The van der Waals surface area contributed by atoms with Crippen molar-refractivity contribution in [3.8, 4) is 11.5 Å². The minimum Gasteiger partial charge on any atom is -0.415 e. The summed E-state index contributed by atoms with van der Waals surface area (Å²) in [5, 5.41) is 6.39. The summed E-state index contributed by atoms with van der Waals surface area (Å²) in [7, 11) is -3.85. The fourth-order valence-corrected chi connectivity index (χ4v) is 6.55. The molecule has 0 N–H and O–H groups in total. The maximum Gasteiger partial charge on any atom is 0.314 e. The van der Waals surface area contributed by atoms with Crippen LogP contribution in [0.5, 0.6) is 0 Å². The van der Waals surface area contributed by atoms with Gasteiger partial charge in [0, 0.05) is 24.0 Å². The Bertz CT molecular complexity index is 1530. The average molecular weight is 549 g/mol. The molecule has 0 saturated carbocycles. The van der Waals surface area contributed by atoms with Crippen LogP contribution in [0.2, 0.25) is 0 Å². The van der Waals surface area contributed by atoms with Gasteiger partial charge < -0.3 is 13.7 Å². The van der Waals surface area contributed by atoms with Crippen LogP contribution >= 0.6 is 0 Å². The maximum atomic E-state index is 14.1. The monoisotopic (exact) mass is 548 g/mol. The summed E-state index contributed by atoms with van der Waals surface area (Å²) in [6.07, 6.45) is 1.38. The normalized spacial score (nSPS) is 15.7. The van der Waals surface area contributed by atoms with Crippen LogP contribution in [0.1, 0.15) is 44.7 Å². The van der Waals surface area contributed by atoms with E-state index < -0.39 is 33.4 Å². The van der Waals surface area contributed by atoms with E-state index in [1.54, 1.807) is 35.0 Å². The van der Waals surface area contributed by atoms with Gasteiger partial charge in [0.1, 0.15) is 11.5 Å². The Balaban J connectivity index is 1.45. The van der Waals surface area contributed by atoms with Gasteiger partial charge in [0.05, 0.1) is 23.2 Å². The summed E-state index contributed by atoms with van der Waals surface area (Å²) >= 11 is 0. The molecule has 1 saturated heterocycles. The van der Waals surface area contributed by atoms with E-state index >= 15 is 0 Å². The molecule has 0 spiro atoms. The lowest BCUT2D eigenvalue weighted by Crippen LogP contribution is -2.47. The molecular weight excluding hydrogens is 521 g/mol. The standard InChI is InChI=1S/C25H27F3N6O3S/c1-16(2)32-10-7-21(8-11-32)38(35,36)34(20-5-3-4-18(26)13-20)15-19-14-33-9-6-17(12-22(33)29-19)24-30-31-25(37-24)23(27)28/h3-6,9,12-14,16,21,23H,7-8,10-11,15H2,1-2H3. The number of pyridine rings is 1. The molecule has 1 aliphatic heterocycles. The highest BCUT2D eigenvalue weighted by molar-refractivity contribution is 7.93. The zero-order valence-corrected chi connectivity index (χ0v) is 21.7. The van der Waals surface area contributed by atoms with E-state index in [0.717, 1.165) is 0 Å². The Labute approximate surface area is 218 Å². The number of nitrogens with zero attached hydrogens (tertiary/aromatic N) is 6. The predicted octanol–water partition coefficient (Wildman–Crippen LogP) is 4.67. The number of halogens is 3. The van der Waals surface area contributed by atoms with Crippen LogP contribution in [0, 0.1) is 5.82 Å². The second-order valence-electron chi connectivity index (χ2n) is 9.52. The van der Waals surface area contributed by atoms with Gasteiger partial charge in [0.25, 0.3) is 5.89 Å². The average Bonchev–Trinajstić information content (AvgIpc) is 3.54. The van der Waals surface area contributed by atoms with Crippen LogP contribution in [-0.2, 0) is 16.6 Å². The summed E-state index contributed by atoms with van der Waals surface area (Å²) in [4.78, 5) is 6.78. The van der Waals surface area contributed by atoms with E-state index in [9.17, 15) is 21.6 Å². The number of sulfonamides is 1. The Hall–Kier alpha value is -3.45. The van der Waals surface area contributed by atoms with Crippen LogP contribution in [0.3, 0.4) is 0 Å². The van der Waals surface area contributed by atoms with Gasteiger partial charge in [-0.05, 0) is 70.1 Å². The molecule has 0 bridgehead atoms. The van der Waals surface area contributed by atoms with Gasteiger partial charge in [0.15, 0.2) is 0 Å². The Kier molecular flexibility index (Phi) is 7.14. The molecule has 1 aromatic carbocycles. The Morgan fingerprint density at radius 1 is 1.13 bits per heavy atom. The molecule has 0 aliphatic carbocycles. The molecule has 0 amide bonds. The lowest BCUT2D eigenvalue weighted by molar-refractivity contribution is 0.116. The van der Waals surface area contributed by atoms with Gasteiger partial charge in [-0.25, -0.2) is 17.8 Å². The fraction of sp³-hybridized carbons (Fsp3) is 0.400. The number of hydrogen-bond donors (Lipinski definition) is 0. The number of alkyl halides is 2. The summed E-state index contributed by atoms with van der Waals surface area (Å²) < 4.78 is 75.4. The van der Waals surface area contributed by atoms with Crippen molar-refractivity contribution in [1.82, 2.24) is 24.5 Å². The summed E-state index contributed by atoms with van der Waals surface area (Å²) in [5.74, 6) is -1.40. The van der Waals surface area contributed by atoms with E-state index in [2.05, 4.69) is 33.9 Å². The SMILES string of the molecule is CC(C)N1CCC(S(=O)(=O)N(Cc2cn3ccc(-c4nnc(C(F)F)o4)cc3n2)c2cccc(F)c2)CC1. The number of aromatic nitrogens is 4. The maximum absolute atomic E-state index is 14.1. The summed E-state index contributed by atoms with van der Waals surface area (Å²) in [6, 6.07) is 9.01. The van der Waals surface area contributed by atoms with Crippen molar-refractivity contribution < 1.29 is 26.0 Å².